The predicted octanol–water partition coefficient (Wildman–Crippen LogP) is 10.1. The van der Waals surface area contributed by atoms with Crippen LogP contribution < -0.4 is 5.73 Å². The molecule has 0 amide bonds. The summed E-state index contributed by atoms with van der Waals surface area (Å²) in [6.07, 6.45) is 37.8. The predicted molar refractivity (Wildman–Crippen MR) is 135 cm³/mol. The molecule has 176 valence electrons. The minimum atomic E-state index is 0.874. The fourth-order valence-electron chi connectivity index (χ4n) is 4.46. The Bertz CT molecular complexity index is 237. The van der Waals surface area contributed by atoms with Crippen LogP contribution in [-0.2, 0) is 0 Å². The molecular weight excluding hydrogens is 350 g/mol. The quantitative estimate of drug-likeness (QED) is 0.141. The zero-order valence-corrected chi connectivity index (χ0v) is 20.7. The van der Waals surface area contributed by atoms with Gasteiger partial charge in [0.1, 0.15) is 0 Å². The van der Waals surface area contributed by atoms with Crippen molar-refractivity contribution in [3.63, 3.8) is 0 Å². The van der Waals surface area contributed by atoms with Crippen molar-refractivity contribution in [1.82, 2.24) is 0 Å². The molecule has 0 fully saturated rings. The van der Waals surface area contributed by atoms with Crippen molar-refractivity contribution < 1.29 is 0 Å². The van der Waals surface area contributed by atoms with Gasteiger partial charge in [-0.3, -0.25) is 0 Å². The molecule has 0 saturated heterocycles. The van der Waals surface area contributed by atoms with E-state index >= 15 is 0 Å². The Labute approximate surface area is 186 Å². The number of unbranched alkanes of at least 4 members (excludes halogenated alkanes) is 25. The lowest BCUT2D eigenvalue weighted by atomic mass is 10.0. The summed E-state index contributed by atoms with van der Waals surface area (Å²) in [5.74, 6) is 0. The van der Waals surface area contributed by atoms with Gasteiger partial charge >= 0.3 is 0 Å². The van der Waals surface area contributed by atoms with E-state index in [0.717, 1.165) is 6.54 Å². The first-order chi connectivity index (χ1) is 14.4. The van der Waals surface area contributed by atoms with Crippen molar-refractivity contribution in [2.24, 2.45) is 5.73 Å². The third kappa shape index (κ3) is 28.0. The van der Waals surface area contributed by atoms with Crippen molar-refractivity contribution in [2.45, 2.75) is 174 Å². The van der Waals surface area contributed by atoms with Crippen LogP contribution in [0.3, 0.4) is 0 Å². The van der Waals surface area contributed by atoms with Crippen LogP contribution in [0.4, 0.5) is 0 Å². The molecule has 0 unspecified atom stereocenters. The van der Waals surface area contributed by atoms with Crippen molar-refractivity contribution in [3.8, 4) is 0 Å². The highest BCUT2D eigenvalue weighted by Crippen LogP contribution is 2.15. The highest BCUT2D eigenvalue weighted by atomic mass is 14.5. The fourth-order valence-corrected chi connectivity index (χ4v) is 4.46. The Hall–Kier alpha value is -0.0400. The smallest absolute Gasteiger partial charge is 0.00773 e. The maximum Gasteiger partial charge on any atom is -0.00773 e. The summed E-state index contributed by atoms with van der Waals surface area (Å²) >= 11 is 0. The SMILES string of the molecule is CCCCCCCCCCCCCCCCCCCCCCCCCCCCN. The lowest BCUT2D eigenvalue weighted by Gasteiger charge is -2.04. The molecule has 0 aliphatic heterocycles. The highest BCUT2D eigenvalue weighted by molar-refractivity contribution is 4.52. The average Bonchev–Trinajstić information content (AvgIpc) is 2.74. The Morgan fingerprint density at radius 2 is 0.448 bits per heavy atom. The summed E-state index contributed by atoms with van der Waals surface area (Å²) in [5.41, 5.74) is 5.53. The van der Waals surface area contributed by atoms with Gasteiger partial charge in [0.2, 0.25) is 0 Å². The molecule has 0 aromatic rings. The standard InChI is InChI=1S/C28H59N/c1-2-3-4-5-6-7-8-9-10-11-12-13-14-15-16-17-18-19-20-21-22-23-24-25-26-27-28-29/h2-29H2,1H3. The van der Waals surface area contributed by atoms with Crippen LogP contribution >= 0.6 is 0 Å². The van der Waals surface area contributed by atoms with Gasteiger partial charge < -0.3 is 5.73 Å². The average molecular weight is 410 g/mol. The second-order valence-electron chi connectivity index (χ2n) is 9.63. The van der Waals surface area contributed by atoms with Gasteiger partial charge in [0, 0.05) is 0 Å². The Kier molecular flexibility index (Phi) is 27.9. The molecule has 0 spiro atoms. The number of nitrogens with two attached hydrogens (primary N) is 1. The molecule has 29 heavy (non-hydrogen) atoms. The Balaban J connectivity index is 2.97. The summed E-state index contributed by atoms with van der Waals surface area (Å²) in [4.78, 5) is 0. The first kappa shape index (κ1) is 29.0. The van der Waals surface area contributed by atoms with Gasteiger partial charge in [0.15, 0.2) is 0 Å². The number of hydrogen-bond acceptors (Lipinski definition) is 1. The third-order valence-corrected chi connectivity index (χ3v) is 6.56. The lowest BCUT2D eigenvalue weighted by molar-refractivity contribution is 0.515. The molecule has 1 heteroatoms. The van der Waals surface area contributed by atoms with Crippen molar-refractivity contribution in [2.75, 3.05) is 6.54 Å². The molecule has 2 N–H and O–H groups in total. The van der Waals surface area contributed by atoms with Crippen molar-refractivity contribution >= 4 is 0 Å². The molecule has 0 aromatic heterocycles. The van der Waals surface area contributed by atoms with Crippen LogP contribution in [0.15, 0.2) is 0 Å². The molecule has 0 bridgehead atoms. The van der Waals surface area contributed by atoms with Crippen LogP contribution in [0.1, 0.15) is 174 Å². The van der Waals surface area contributed by atoms with Crippen LogP contribution in [-0.4, -0.2) is 6.54 Å². The maximum atomic E-state index is 5.53. The molecule has 0 rings (SSSR count). The van der Waals surface area contributed by atoms with Gasteiger partial charge in [-0.1, -0.05) is 167 Å². The van der Waals surface area contributed by atoms with Gasteiger partial charge in [0.05, 0.1) is 0 Å². The summed E-state index contributed by atoms with van der Waals surface area (Å²) in [5, 5.41) is 0. The fraction of sp³-hybridized carbons (Fsp3) is 1.00. The van der Waals surface area contributed by atoms with Gasteiger partial charge in [0.25, 0.3) is 0 Å². The van der Waals surface area contributed by atoms with E-state index in [2.05, 4.69) is 6.92 Å². The molecule has 0 aliphatic carbocycles. The second kappa shape index (κ2) is 28.0. The van der Waals surface area contributed by atoms with E-state index in [4.69, 9.17) is 5.73 Å². The summed E-state index contributed by atoms with van der Waals surface area (Å²) in [7, 11) is 0. The Morgan fingerprint density at radius 3 is 0.621 bits per heavy atom. The minimum Gasteiger partial charge on any atom is -0.330 e. The van der Waals surface area contributed by atoms with Gasteiger partial charge in [-0.05, 0) is 13.0 Å². The third-order valence-electron chi connectivity index (χ3n) is 6.56. The summed E-state index contributed by atoms with van der Waals surface area (Å²) in [6, 6.07) is 0. The van der Waals surface area contributed by atoms with E-state index in [0.29, 0.717) is 0 Å². The maximum absolute atomic E-state index is 5.53. The molecular formula is C28H59N. The van der Waals surface area contributed by atoms with Crippen LogP contribution in [0.25, 0.3) is 0 Å². The minimum absolute atomic E-state index is 0.874. The van der Waals surface area contributed by atoms with Crippen LogP contribution in [0, 0.1) is 0 Å². The molecule has 0 aromatic carbocycles. The number of rotatable bonds is 26. The summed E-state index contributed by atoms with van der Waals surface area (Å²) < 4.78 is 0. The highest BCUT2D eigenvalue weighted by Gasteiger charge is 1.96. The molecule has 0 atom stereocenters. The van der Waals surface area contributed by atoms with E-state index in [1.54, 1.807) is 0 Å². The molecule has 1 nitrogen and oxygen atoms in total. The Morgan fingerprint density at radius 1 is 0.276 bits per heavy atom. The summed E-state index contributed by atoms with van der Waals surface area (Å²) in [6.45, 7) is 3.18. The van der Waals surface area contributed by atoms with Gasteiger partial charge in [-0.15, -0.1) is 0 Å². The van der Waals surface area contributed by atoms with Gasteiger partial charge in [-0.2, -0.15) is 0 Å². The molecule has 0 aliphatic rings. The van der Waals surface area contributed by atoms with E-state index in [-0.39, 0.29) is 0 Å². The largest absolute Gasteiger partial charge is 0.330 e. The lowest BCUT2D eigenvalue weighted by Crippen LogP contribution is -1.97. The van der Waals surface area contributed by atoms with Crippen molar-refractivity contribution in [3.05, 3.63) is 0 Å². The zero-order chi connectivity index (χ0) is 21.1. The zero-order valence-electron chi connectivity index (χ0n) is 20.7. The van der Waals surface area contributed by atoms with Crippen molar-refractivity contribution in [1.29, 1.82) is 0 Å². The van der Waals surface area contributed by atoms with E-state index < -0.39 is 0 Å². The first-order valence-corrected chi connectivity index (χ1v) is 14.1. The molecule has 0 saturated carbocycles. The topological polar surface area (TPSA) is 26.0 Å². The normalized spacial score (nSPS) is 11.4. The first-order valence-electron chi connectivity index (χ1n) is 14.1. The monoisotopic (exact) mass is 409 g/mol. The van der Waals surface area contributed by atoms with Crippen LogP contribution in [0.2, 0.25) is 0 Å². The van der Waals surface area contributed by atoms with Crippen LogP contribution in [0.5, 0.6) is 0 Å². The molecule has 0 heterocycles. The second-order valence-corrected chi connectivity index (χ2v) is 9.63. The number of hydrogen-bond donors (Lipinski definition) is 1. The van der Waals surface area contributed by atoms with E-state index in [1.807, 2.05) is 0 Å². The van der Waals surface area contributed by atoms with E-state index in [9.17, 15) is 0 Å². The molecule has 0 radical (unpaired) electrons. The van der Waals surface area contributed by atoms with E-state index in [1.165, 1.54) is 167 Å². The van der Waals surface area contributed by atoms with Gasteiger partial charge in [-0.25, -0.2) is 0 Å².